The maximum atomic E-state index is 11.5. The van der Waals surface area contributed by atoms with Gasteiger partial charge in [0.2, 0.25) is 0 Å². The van der Waals surface area contributed by atoms with Crippen LogP contribution in [0.25, 0.3) is 22.2 Å². The molecule has 0 aromatic heterocycles. The van der Waals surface area contributed by atoms with Gasteiger partial charge in [0.05, 0.1) is 5.69 Å². The molecule has 2 aliphatic rings. The highest BCUT2D eigenvalue weighted by Crippen LogP contribution is 2.24. The van der Waals surface area contributed by atoms with Gasteiger partial charge in [0.15, 0.2) is 0 Å². The Kier molecular flexibility index (Phi) is 1.67. The molecule has 1 aromatic carbocycles. The van der Waals surface area contributed by atoms with E-state index in [4.69, 9.17) is 4.42 Å². The molecule has 0 saturated heterocycles. The van der Waals surface area contributed by atoms with Crippen molar-refractivity contribution in [3.05, 3.63) is 51.4 Å². The minimum atomic E-state index is -0.645. The van der Waals surface area contributed by atoms with Gasteiger partial charge < -0.3 is 4.42 Å². The zero-order valence-corrected chi connectivity index (χ0v) is 8.06. The van der Waals surface area contributed by atoms with Gasteiger partial charge in [0.1, 0.15) is 17.4 Å². The number of nitrogens with one attached hydrogen (secondary N) is 1. The van der Waals surface area contributed by atoms with Crippen molar-refractivity contribution >= 4 is 11.0 Å². The highest BCUT2D eigenvalue weighted by atomic mass is 16.3. The maximum Gasteiger partial charge on any atom is 0.348 e. The van der Waals surface area contributed by atoms with Crippen molar-refractivity contribution in [1.29, 1.82) is 0 Å². The molecular formula is C11H6N2O3. The van der Waals surface area contributed by atoms with Crippen LogP contribution in [0.5, 0.6) is 0 Å². The Morgan fingerprint density at radius 1 is 1.19 bits per heavy atom. The summed E-state index contributed by atoms with van der Waals surface area (Å²) in [5.74, 6) is 0. The average Bonchev–Trinajstić information content (AvgIpc) is 2.28. The van der Waals surface area contributed by atoms with Crippen molar-refractivity contribution in [2.24, 2.45) is 0 Å². The first kappa shape index (κ1) is 8.84. The molecule has 0 aliphatic carbocycles. The van der Waals surface area contributed by atoms with Gasteiger partial charge in [-0.1, -0.05) is 12.1 Å². The summed E-state index contributed by atoms with van der Waals surface area (Å²) in [6.45, 7) is 0. The van der Waals surface area contributed by atoms with Crippen LogP contribution < -0.4 is 11.2 Å². The van der Waals surface area contributed by atoms with Gasteiger partial charge in [-0.15, -0.1) is 0 Å². The SMILES string of the molecule is O=c1nc2c3ccccc3occ-2c(=O)[nH]1. The lowest BCUT2D eigenvalue weighted by Crippen LogP contribution is -2.24. The van der Waals surface area contributed by atoms with E-state index in [1.165, 1.54) is 6.26 Å². The third-order valence-corrected chi connectivity index (χ3v) is 2.38. The monoisotopic (exact) mass is 214 g/mol. The summed E-state index contributed by atoms with van der Waals surface area (Å²) in [5, 5.41) is 0.656. The molecule has 0 bridgehead atoms. The van der Waals surface area contributed by atoms with E-state index in [0.717, 1.165) is 0 Å². The highest BCUT2D eigenvalue weighted by Gasteiger charge is 2.14. The van der Waals surface area contributed by atoms with Crippen LogP contribution in [0.4, 0.5) is 0 Å². The fourth-order valence-corrected chi connectivity index (χ4v) is 1.66. The lowest BCUT2D eigenvalue weighted by atomic mass is 10.1. The van der Waals surface area contributed by atoms with E-state index in [1.807, 2.05) is 6.07 Å². The van der Waals surface area contributed by atoms with Crippen molar-refractivity contribution in [2.75, 3.05) is 0 Å². The van der Waals surface area contributed by atoms with Crippen LogP contribution in [-0.2, 0) is 0 Å². The molecule has 1 aromatic rings. The van der Waals surface area contributed by atoms with Gasteiger partial charge >= 0.3 is 5.69 Å². The van der Waals surface area contributed by atoms with Crippen LogP contribution in [0.2, 0.25) is 0 Å². The van der Waals surface area contributed by atoms with Crippen molar-refractivity contribution in [3.63, 3.8) is 0 Å². The van der Waals surface area contributed by atoms with Crippen LogP contribution in [-0.4, -0.2) is 9.97 Å². The maximum absolute atomic E-state index is 11.5. The second-order valence-electron chi connectivity index (χ2n) is 3.37. The first-order valence-corrected chi connectivity index (χ1v) is 4.66. The number of nitrogens with zero attached hydrogens (tertiary/aromatic N) is 1. The van der Waals surface area contributed by atoms with Gasteiger partial charge in [-0.05, 0) is 12.1 Å². The van der Waals surface area contributed by atoms with Gasteiger partial charge in [-0.25, -0.2) is 4.79 Å². The second-order valence-corrected chi connectivity index (χ2v) is 3.37. The van der Waals surface area contributed by atoms with Crippen molar-refractivity contribution in [3.8, 4) is 11.3 Å². The second kappa shape index (κ2) is 3.03. The fourth-order valence-electron chi connectivity index (χ4n) is 1.66. The zero-order valence-electron chi connectivity index (χ0n) is 8.06. The lowest BCUT2D eigenvalue weighted by Gasteiger charge is -2.04. The number of H-pyrrole nitrogens is 1. The Bertz CT molecular complexity index is 757. The normalized spacial score (nSPS) is 11.0. The lowest BCUT2D eigenvalue weighted by molar-refractivity contribution is 0.603. The van der Waals surface area contributed by atoms with E-state index >= 15 is 0 Å². The molecule has 1 N–H and O–H groups in total. The van der Waals surface area contributed by atoms with Crippen LogP contribution in [0.15, 0.2) is 44.5 Å². The standard InChI is InChI=1S/C11H6N2O3/c14-10-7-5-16-8-4-2-1-3-6(8)9(7)12-11(15)13-10/h1-5H,(H,13,14,15). The third-order valence-electron chi connectivity index (χ3n) is 2.38. The molecule has 2 aliphatic heterocycles. The quantitative estimate of drug-likeness (QED) is 0.566. The number of benzene rings is 1. The molecule has 0 radical (unpaired) electrons. The number of aromatic amines is 1. The molecule has 2 heterocycles. The molecule has 0 spiro atoms. The minimum Gasteiger partial charge on any atom is -0.463 e. The number of rotatable bonds is 0. The van der Waals surface area contributed by atoms with Crippen LogP contribution in [0, 0.1) is 0 Å². The summed E-state index contributed by atoms with van der Waals surface area (Å²) >= 11 is 0. The Morgan fingerprint density at radius 2 is 2.00 bits per heavy atom. The molecular weight excluding hydrogens is 208 g/mol. The summed E-state index contributed by atoms with van der Waals surface area (Å²) in [4.78, 5) is 28.5. The molecule has 5 heteroatoms. The Hall–Kier alpha value is -2.43. The predicted molar refractivity (Wildman–Crippen MR) is 57.5 cm³/mol. The fraction of sp³-hybridized carbons (Fsp3) is 0. The van der Waals surface area contributed by atoms with Gasteiger partial charge in [-0.3, -0.25) is 9.78 Å². The van der Waals surface area contributed by atoms with E-state index in [-0.39, 0.29) is 5.56 Å². The molecule has 0 saturated carbocycles. The molecule has 5 nitrogen and oxygen atoms in total. The van der Waals surface area contributed by atoms with Crippen LogP contribution >= 0.6 is 0 Å². The summed E-state index contributed by atoms with van der Waals surface area (Å²) in [7, 11) is 0. The summed E-state index contributed by atoms with van der Waals surface area (Å²) in [6, 6.07) is 7.11. The van der Waals surface area contributed by atoms with Crippen molar-refractivity contribution in [1.82, 2.24) is 9.97 Å². The predicted octanol–water partition coefficient (Wildman–Crippen LogP) is 0.981. The van der Waals surface area contributed by atoms with E-state index in [9.17, 15) is 9.59 Å². The highest BCUT2D eigenvalue weighted by molar-refractivity contribution is 5.91. The zero-order chi connectivity index (χ0) is 11.1. The van der Waals surface area contributed by atoms with E-state index in [0.29, 0.717) is 16.7 Å². The van der Waals surface area contributed by atoms with Gasteiger partial charge in [0.25, 0.3) is 5.56 Å². The number of para-hydroxylation sites is 1. The molecule has 0 fully saturated rings. The Labute approximate surface area is 88.7 Å². The smallest absolute Gasteiger partial charge is 0.348 e. The minimum absolute atomic E-state index is 0.276. The number of aromatic nitrogens is 2. The summed E-state index contributed by atoms with van der Waals surface area (Å²) in [5.41, 5.74) is 0.111. The molecule has 0 unspecified atom stereocenters. The molecule has 78 valence electrons. The number of fused-ring (bicyclic) bond motifs is 3. The van der Waals surface area contributed by atoms with E-state index in [1.54, 1.807) is 18.2 Å². The first-order chi connectivity index (χ1) is 7.75. The third kappa shape index (κ3) is 1.15. The van der Waals surface area contributed by atoms with Gasteiger partial charge in [-0.2, -0.15) is 4.98 Å². The molecule has 16 heavy (non-hydrogen) atoms. The molecule has 0 amide bonds. The summed E-state index contributed by atoms with van der Waals surface area (Å²) < 4.78 is 5.28. The topological polar surface area (TPSA) is 76.0 Å². The van der Waals surface area contributed by atoms with Gasteiger partial charge in [0, 0.05) is 5.39 Å². The molecule has 0 atom stereocenters. The van der Waals surface area contributed by atoms with Crippen LogP contribution in [0.3, 0.4) is 0 Å². The van der Waals surface area contributed by atoms with Crippen molar-refractivity contribution in [2.45, 2.75) is 0 Å². The van der Waals surface area contributed by atoms with E-state index < -0.39 is 11.2 Å². The first-order valence-electron chi connectivity index (χ1n) is 4.66. The Morgan fingerprint density at radius 3 is 2.88 bits per heavy atom. The largest absolute Gasteiger partial charge is 0.463 e. The summed E-state index contributed by atoms with van der Waals surface area (Å²) in [6.07, 6.45) is 1.31. The van der Waals surface area contributed by atoms with E-state index in [2.05, 4.69) is 9.97 Å². The van der Waals surface area contributed by atoms with Crippen molar-refractivity contribution < 1.29 is 4.42 Å². The van der Waals surface area contributed by atoms with Crippen LogP contribution in [0.1, 0.15) is 0 Å². The number of hydrogen-bond acceptors (Lipinski definition) is 4. The Balaban J connectivity index is 2.64. The molecule has 3 rings (SSSR count). The average molecular weight is 214 g/mol. The number of hydrogen-bond donors (Lipinski definition) is 1.